The third-order valence-electron chi connectivity index (χ3n) is 3.93. The van der Waals surface area contributed by atoms with E-state index in [1.165, 1.54) is 6.07 Å². The van der Waals surface area contributed by atoms with E-state index in [9.17, 15) is 13.2 Å². The lowest BCUT2D eigenvalue weighted by Crippen LogP contribution is -2.05. The summed E-state index contributed by atoms with van der Waals surface area (Å²) in [5, 5.41) is 4.28. The summed E-state index contributed by atoms with van der Waals surface area (Å²) in [6.45, 7) is 0.345. The highest BCUT2D eigenvalue weighted by molar-refractivity contribution is 5.80. The van der Waals surface area contributed by atoms with Crippen molar-refractivity contribution in [3.05, 3.63) is 72.6 Å². The fraction of sp³-hybridized carbons (Fsp3) is 0.111. The van der Waals surface area contributed by atoms with Gasteiger partial charge in [-0.15, -0.1) is 0 Å². The van der Waals surface area contributed by atoms with Crippen LogP contribution in [0.25, 0.3) is 22.2 Å². The molecule has 26 heavy (non-hydrogen) atoms. The van der Waals surface area contributed by atoms with Crippen LogP contribution in [0, 0.1) is 0 Å². The third-order valence-corrected chi connectivity index (χ3v) is 3.93. The van der Waals surface area contributed by atoms with Crippen LogP contribution in [-0.2, 0) is 12.7 Å². The Balaban J connectivity index is 1.75. The molecule has 0 aliphatic rings. The van der Waals surface area contributed by atoms with Gasteiger partial charge < -0.3 is 0 Å². The molecule has 0 fully saturated rings. The zero-order chi connectivity index (χ0) is 18.1. The number of rotatable bonds is 3. The highest BCUT2D eigenvalue weighted by Gasteiger charge is 2.30. The van der Waals surface area contributed by atoms with E-state index in [0.717, 1.165) is 12.1 Å². The summed E-state index contributed by atoms with van der Waals surface area (Å²) >= 11 is 0. The van der Waals surface area contributed by atoms with Crippen LogP contribution in [0.1, 0.15) is 11.4 Å². The molecule has 0 saturated carbocycles. The van der Waals surface area contributed by atoms with E-state index in [1.807, 2.05) is 0 Å². The van der Waals surface area contributed by atoms with E-state index in [0.29, 0.717) is 34.5 Å². The highest BCUT2D eigenvalue weighted by Crippen LogP contribution is 2.32. The molecule has 0 bridgehead atoms. The van der Waals surface area contributed by atoms with Crippen molar-refractivity contribution in [3.8, 4) is 11.1 Å². The molecular weight excluding hydrogens is 343 g/mol. The van der Waals surface area contributed by atoms with Crippen molar-refractivity contribution in [1.29, 1.82) is 0 Å². The monoisotopic (exact) mass is 355 g/mol. The maximum atomic E-state index is 12.9. The Morgan fingerprint density at radius 1 is 0.885 bits per heavy atom. The first kappa shape index (κ1) is 16.2. The summed E-state index contributed by atoms with van der Waals surface area (Å²) in [4.78, 5) is 12.6. The molecule has 4 aromatic rings. The van der Waals surface area contributed by atoms with Crippen LogP contribution < -0.4 is 0 Å². The fourth-order valence-electron chi connectivity index (χ4n) is 2.66. The second-order valence-corrected chi connectivity index (χ2v) is 5.67. The molecule has 0 spiro atoms. The maximum absolute atomic E-state index is 12.9. The van der Waals surface area contributed by atoms with Crippen molar-refractivity contribution in [2.24, 2.45) is 0 Å². The standard InChI is InChI=1S/C18H12F3N5/c19-18(20,21)14-4-1-3-12(7-14)13-8-16-15(24-9-13)10-25-26(16)11-17-22-5-2-6-23-17/h1-10H,11H2. The molecule has 0 aliphatic heterocycles. The van der Waals surface area contributed by atoms with Crippen LogP contribution in [-0.4, -0.2) is 24.7 Å². The normalized spacial score (nSPS) is 11.8. The number of benzene rings is 1. The van der Waals surface area contributed by atoms with E-state index in [2.05, 4.69) is 20.1 Å². The fourth-order valence-corrected chi connectivity index (χ4v) is 2.66. The van der Waals surface area contributed by atoms with Gasteiger partial charge in [-0.25, -0.2) is 9.97 Å². The third kappa shape index (κ3) is 3.13. The summed E-state index contributed by atoms with van der Waals surface area (Å²) in [7, 11) is 0. The van der Waals surface area contributed by atoms with E-state index >= 15 is 0 Å². The van der Waals surface area contributed by atoms with Crippen LogP contribution in [0.15, 0.2) is 61.2 Å². The molecule has 0 aliphatic carbocycles. The molecule has 130 valence electrons. The second-order valence-electron chi connectivity index (χ2n) is 5.67. The molecule has 0 radical (unpaired) electrons. The van der Waals surface area contributed by atoms with Gasteiger partial charge in [-0.3, -0.25) is 9.67 Å². The van der Waals surface area contributed by atoms with Crippen molar-refractivity contribution in [2.75, 3.05) is 0 Å². The quantitative estimate of drug-likeness (QED) is 0.558. The second kappa shape index (κ2) is 6.21. The smallest absolute Gasteiger partial charge is 0.256 e. The van der Waals surface area contributed by atoms with E-state index < -0.39 is 11.7 Å². The number of alkyl halides is 3. The van der Waals surface area contributed by atoms with Crippen LogP contribution in [0.4, 0.5) is 13.2 Å². The summed E-state index contributed by atoms with van der Waals surface area (Å²) in [6, 6.07) is 8.67. The first-order chi connectivity index (χ1) is 12.5. The average molecular weight is 355 g/mol. The van der Waals surface area contributed by atoms with Crippen molar-refractivity contribution in [3.63, 3.8) is 0 Å². The zero-order valence-corrected chi connectivity index (χ0v) is 13.4. The summed E-state index contributed by atoms with van der Waals surface area (Å²) in [6.07, 6.45) is 2.04. The number of fused-ring (bicyclic) bond motifs is 1. The number of halogens is 3. The van der Waals surface area contributed by atoms with Crippen LogP contribution in [0.5, 0.6) is 0 Å². The van der Waals surface area contributed by atoms with Gasteiger partial charge in [-0.2, -0.15) is 18.3 Å². The summed E-state index contributed by atoms with van der Waals surface area (Å²) in [5.74, 6) is 0.585. The van der Waals surface area contributed by atoms with Crippen LogP contribution in [0.3, 0.4) is 0 Å². The Bertz CT molecular complexity index is 1060. The van der Waals surface area contributed by atoms with E-state index in [1.54, 1.807) is 47.7 Å². The molecule has 3 heterocycles. The van der Waals surface area contributed by atoms with Crippen molar-refractivity contribution < 1.29 is 13.2 Å². The number of hydrogen-bond donors (Lipinski definition) is 0. The van der Waals surface area contributed by atoms with Crippen LogP contribution in [0.2, 0.25) is 0 Å². The Kier molecular flexibility index (Phi) is 3.87. The van der Waals surface area contributed by atoms with Gasteiger partial charge in [-0.1, -0.05) is 12.1 Å². The first-order valence-corrected chi connectivity index (χ1v) is 7.76. The molecule has 0 amide bonds. The largest absolute Gasteiger partial charge is 0.416 e. The van der Waals surface area contributed by atoms with Gasteiger partial charge in [0.15, 0.2) is 0 Å². The molecule has 1 aromatic carbocycles. The molecule has 0 saturated heterocycles. The van der Waals surface area contributed by atoms with E-state index in [4.69, 9.17) is 0 Å². The minimum absolute atomic E-state index is 0.345. The Morgan fingerprint density at radius 2 is 1.69 bits per heavy atom. The van der Waals surface area contributed by atoms with Gasteiger partial charge in [-0.05, 0) is 29.8 Å². The number of pyridine rings is 1. The van der Waals surface area contributed by atoms with Crippen molar-refractivity contribution in [2.45, 2.75) is 12.7 Å². The molecule has 8 heteroatoms. The maximum Gasteiger partial charge on any atom is 0.416 e. The van der Waals surface area contributed by atoms with Crippen molar-refractivity contribution >= 4 is 11.0 Å². The lowest BCUT2D eigenvalue weighted by molar-refractivity contribution is -0.137. The SMILES string of the molecule is FC(F)(F)c1cccc(-c2cnc3cnn(Cc4ncccn4)c3c2)c1. The Morgan fingerprint density at radius 3 is 2.46 bits per heavy atom. The molecule has 0 N–H and O–H groups in total. The summed E-state index contributed by atoms with van der Waals surface area (Å²) in [5.41, 5.74) is 1.68. The molecule has 3 aromatic heterocycles. The minimum Gasteiger partial charge on any atom is -0.256 e. The molecular formula is C18H12F3N5. The Hall–Kier alpha value is -3.29. The highest BCUT2D eigenvalue weighted by atomic mass is 19.4. The minimum atomic E-state index is -4.39. The molecule has 4 rings (SSSR count). The van der Waals surface area contributed by atoms with Gasteiger partial charge in [0, 0.05) is 24.2 Å². The Labute approximate surface area is 146 Å². The number of aromatic nitrogens is 5. The average Bonchev–Trinajstić information content (AvgIpc) is 3.04. The van der Waals surface area contributed by atoms with Crippen molar-refractivity contribution in [1.82, 2.24) is 24.7 Å². The van der Waals surface area contributed by atoms with Gasteiger partial charge in [0.1, 0.15) is 17.9 Å². The topological polar surface area (TPSA) is 56.5 Å². The predicted molar refractivity (Wildman–Crippen MR) is 89.1 cm³/mol. The zero-order valence-electron chi connectivity index (χ0n) is 13.4. The number of hydrogen-bond acceptors (Lipinski definition) is 4. The van der Waals surface area contributed by atoms with Gasteiger partial charge in [0.25, 0.3) is 0 Å². The molecule has 0 atom stereocenters. The van der Waals surface area contributed by atoms with Gasteiger partial charge in [0.05, 0.1) is 17.3 Å². The van der Waals surface area contributed by atoms with E-state index in [-0.39, 0.29) is 0 Å². The predicted octanol–water partition coefficient (Wildman–Crippen LogP) is 3.96. The summed E-state index contributed by atoms with van der Waals surface area (Å²) < 4.78 is 40.5. The van der Waals surface area contributed by atoms with Crippen LogP contribution >= 0.6 is 0 Å². The molecule has 0 unspecified atom stereocenters. The first-order valence-electron chi connectivity index (χ1n) is 7.76. The lowest BCUT2D eigenvalue weighted by Gasteiger charge is -2.09. The van der Waals surface area contributed by atoms with Gasteiger partial charge >= 0.3 is 6.18 Å². The number of nitrogens with zero attached hydrogens (tertiary/aromatic N) is 5. The van der Waals surface area contributed by atoms with Gasteiger partial charge in [0.2, 0.25) is 0 Å². The molecule has 5 nitrogen and oxygen atoms in total. The lowest BCUT2D eigenvalue weighted by atomic mass is 10.0.